The van der Waals surface area contributed by atoms with Crippen LogP contribution in [0.15, 0.2) is 120 Å². The van der Waals surface area contributed by atoms with Gasteiger partial charge in [0.05, 0.1) is 10.1 Å². The minimum atomic E-state index is -3.55. The van der Waals surface area contributed by atoms with Gasteiger partial charge in [-0.2, -0.15) is 0 Å². The molecule has 2 saturated carbocycles. The van der Waals surface area contributed by atoms with Crippen molar-refractivity contribution < 1.29 is 13.2 Å². The van der Waals surface area contributed by atoms with Gasteiger partial charge in [0.15, 0.2) is 9.84 Å². The maximum Gasteiger partial charge on any atom is 0.181 e. The zero-order chi connectivity index (χ0) is 28.2. The largest absolute Gasteiger partial charge is 0.349 e. The van der Waals surface area contributed by atoms with Gasteiger partial charge >= 0.3 is 0 Å². The summed E-state index contributed by atoms with van der Waals surface area (Å²) in [5, 5.41) is -0.397. The molecule has 0 aromatic heterocycles. The van der Waals surface area contributed by atoms with Crippen molar-refractivity contribution in [1.82, 2.24) is 0 Å². The molecule has 3 nitrogen and oxygen atoms in total. The van der Waals surface area contributed by atoms with Crippen LogP contribution in [0, 0.1) is 23.7 Å². The second-order valence-corrected chi connectivity index (χ2v) is 21.2. The molecule has 0 N–H and O–H groups in total. The lowest BCUT2D eigenvalue weighted by molar-refractivity contribution is -0.0675. The summed E-state index contributed by atoms with van der Waals surface area (Å²) in [7, 11) is -5.48. The van der Waals surface area contributed by atoms with Crippen molar-refractivity contribution in [3.63, 3.8) is 0 Å². The average Bonchev–Trinajstić information content (AvgIpc) is 3.74. The Kier molecular flexibility index (Phi) is 5.34. The van der Waals surface area contributed by atoms with E-state index in [1.807, 2.05) is 18.2 Å². The van der Waals surface area contributed by atoms with Crippen LogP contribution < -0.4 is 0 Å². The first kappa shape index (κ1) is 25.7. The fourth-order valence-corrected chi connectivity index (χ4v) is 16.8. The third-order valence-electron chi connectivity index (χ3n) is 10.9. The molecule has 5 heteroatoms. The zero-order valence-electron chi connectivity index (χ0n) is 23.8. The van der Waals surface area contributed by atoms with Crippen molar-refractivity contribution in [2.45, 2.75) is 53.0 Å². The Morgan fingerprint density at radius 1 is 0.634 bits per heavy atom. The van der Waals surface area contributed by atoms with E-state index in [0.29, 0.717) is 4.90 Å². The summed E-state index contributed by atoms with van der Waals surface area (Å²) in [6.45, 7) is 7.14. The van der Waals surface area contributed by atoms with Gasteiger partial charge in [0.1, 0.15) is 11.2 Å². The Balaban J connectivity index is 1.43. The average molecular weight is 577 g/mol. The number of sulfone groups is 1. The molecule has 8 rings (SSSR count). The highest BCUT2D eigenvalue weighted by atomic mass is 32.2. The molecule has 2 aliphatic heterocycles. The monoisotopic (exact) mass is 576 g/mol. The minimum absolute atomic E-state index is 0.0195. The number of hydrogen-bond donors (Lipinski definition) is 0. The Bertz CT molecular complexity index is 1730. The first-order valence-corrected chi connectivity index (χ1v) is 20.0. The van der Waals surface area contributed by atoms with Crippen LogP contribution in [0.25, 0.3) is 0 Å². The van der Waals surface area contributed by atoms with Crippen molar-refractivity contribution in [2.75, 3.05) is 0 Å². The highest BCUT2D eigenvalue weighted by Crippen LogP contribution is 2.80. The maximum absolute atomic E-state index is 14.7. The Morgan fingerprint density at radius 2 is 1.07 bits per heavy atom. The van der Waals surface area contributed by atoms with Gasteiger partial charge in [-0.25, -0.2) is 8.42 Å². The van der Waals surface area contributed by atoms with Gasteiger partial charge in [-0.1, -0.05) is 123 Å². The molecule has 8 atom stereocenters. The van der Waals surface area contributed by atoms with E-state index in [2.05, 4.69) is 105 Å². The summed E-state index contributed by atoms with van der Waals surface area (Å²) < 4.78 is 37.1. The molecule has 2 aliphatic carbocycles. The second kappa shape index (κ2) is 8.53. The standard InChI is InChI=1S/C36H36O3SSi/c1-41(2,3)34-28-23-27(33(34)40(37,38)26-19-11-6-12-20-26)31-32(28)36(25-17-9-5-10-18-25)30-22-14-13-21-29(30)35(31,39-36)24-15-7-4-8-16-24/h4-22,27-28,31-34H,23H2,1-3H3/t27-,28-,31+,32+,33-,34+,35-,36-/m0/s1. The first-order chi connectivity index (χ1) is 19.7. The molecule has 0 spiro atoms. The minimum Gasteiger partial charge on any atom is -0.349 e. The lowest BCUT2D eigenvalue weighted by atomic mass is 9.56. The predicted molar refractivity (Wildman–Crippen MR) is 165 cm³/mol. The molecule has 41 heavy (non-hydrogen) atoms. The van der Waals surface area contributed by atoms with Crippen LogP contribution in [-0.2, 0) is 25.8 Å². The SMILES string of the molecule is C[Si](C)(C)[C@@H]1[C@H]2C[C@@H]([C@@H]3[C@@H]2[C@@]2(c4ccccc4)O[C@@]3(c3ccccc3)c3ccccc32)[C@@H]1S(=O)(=O)c1ccccc1. The second-order valence-electron chi connectivity index (χ2n) is 13.7. The number of hydrogen-bond acceptors (Lipinski definition) is 3. The molecular formula is C36H36O3SSi. The Morgan fingerprint density at radius 3 is 1.56 bits per heavy atom. The lowest BCUT2D eigenvalue weighted by Gasteiger charge is -2.50. The van der Waals surface area contributed by atoms with Crippen molar-refractivity contribution >= 4 is 17.9 Å². The van der Waals surface area contributed by atoms with Crippen molar-refractivity contribution in [1.29, 1.82) is 0 Å². The predicted octanol–water partition coefficient (Wildman–Crippen LogP) is 7.65. The summed E-state index contributed by atoms with van der Waals surface area (Å²) in [4.78, 5) is 0.466. The highest BCUT2D eigenvalue weighted by molar-refractivity contribution is 7.92. The molecule has 0 unspecified atom stereocenters. The summed E-state index contributed by atoms with van der Waals surface area (Å²) in [5.41, 5.74) is 3.68. The van der Waals surface area contributed by atoms with Gasteiger partial charge in [-0.3, -0.25) is 0 Å². The molecule has 4 aromatic carbocycles. The first-order valence-electron chi connectivity index (χ1n) is 14.9. The number of fused-ring (bicyclic) bond motifs is 12. The number of benzene rings is 4. The molecular weight excluding hydrogens is 541 g/mol. The normalized spacial score (nSPS) is 34.9. The molecule has 208 valence electrons. The third kappa shape index (κ3) is 3.15. The van der Waals surface area contributed by atoms with Crippen LogP contribution in [0.4, 0.5) is 0 Å². The highest BCUT2D eigenvalue weighted by Gasteiger charge is 2.81. The molecule has 4 bridgehead atoms. The topological polar surface area (TPSA) is 43.4 Å². The van der Waals surface area contributed by atoms with E-state index in [1.54, 1.807) is 12.1 Å². The quantitative estimate of drug-likeness (QED) is 0.229. The van der Waals surface area contributed by atoms with E-state index in [1.165, 1.54) is 16.7 Å². The van der Waals surface area contributed by atoms with E-state index in [4.69, 9.17) is 4.74 Å². The van der Waals surface area contributed by atoms with Crippen LogP contribution in [0.5, 0.6) is 0 Å². The van der Waals surface area contributed by atoms with Gasteiger partial charge < -0.3 is 4.74 Å². The summed E-state index contributed by atoms with van der Waals surface area (Å²) in [6.07, 6.45) is 0.946. The Labute approximate surface area is 244 Å². The van der Waals surface area contributed by atoms with Gasteiger partial charge in [-0.05, 0) is 58.2 Å². The van der Waals surface area contributed by atoms with Gasteiger partial charge in [-0.15, -0.1) is 0 Å². The smallest absolute Gasteiger partial charge is 0.181 e. The van der Waals surface area contributed by atoms with Crippen molar-refractivity contribution in [3.05, 3.63) is 138 Å². The molecule has 4 aromatic rings. The molecule has 3 fully saturated rings. The number of rotatable bonds is 5. The van der Waals surface area contributed by atoms with Crippen LogP contribution in [-0.4, -0.2) is 21.7 Å². The van der Waals surface area contributed by atoms with Crippen molar-refractivity contribution in [3.8, 4) is 0 Å². The van der Waals surface area contributed by atoms with E-state index in [9.17, 15) is 8.42 Å². The van der Waals surface area contributed by atoms with Gasteiger partial charge in [0.2, 0.25) is 0 Å². The van der Waals surface area contributed by atoms with Crippen LogP contribution in [0.1, 0.15) is 28.7 Å². The number of ether oxygens (including phenoxy) is 1. The molecule has 0 radical (unpaired) electrons. The molecule has 2 heterocycles. The van der Waals surface area contributed by atoms with Crippen LogP contribution >= 0.6 is 0 Å². The fraction of sp³-hybridized carbons (Fsp3) is 0.333. The molecule has 4 aliphatic rings. The van der Waals surface area contributed by atoms with Crippen LogP contribution in [0.3, 0.4) is 0 Å². The fourth-order valence-electron chi connectivity index (χ4n) is 9.97. The van der Waals surface area contributed by atoms with E-state index >= 15 is 0 Å². The van der Waals surface area contributed by atoms with Crippen molar-refractivity contribution in [2.24, 2.45) is 23.7 Å². The summed E-state index contributed by atoms with van der Waals surface area (Å²) >= 11 is 0. The van der Waals surface area contributed by atoms with E-state index < -0.39 is 34.4 Å². The Hall–Kier alpha value is -2.99. The molecule has 0 amide bonds. The van der Waals surface area contributed by atoms with Crippen LogP contribution in [0.2, 0.25) is 25.2 Å². The molecule has 1 saturated heterocycles. The third-order valence-corrected chi connectivity index (χ3v) is 16.2. The zero-order valence-corrected chi connectivity index (χ0v) is 25.6. The van der Waals surface area contributed by atoms with E-state index in [-0.39, 0.29) is 29.2 Å². The van der Waals surface area contributed by atoms with Gasteiger partial charge in [0.25, 0.3) is 0 Å². The van der Waals surface area contributed by atoms with Gasteiger partial charge in [0, 0.05) is 19.9 Å². The maximum atomic E-state index is 14.7. The summed E-state index contributed by atoms with van der Waals surface area (Å²) in [6, 6.07) is 39.4. The summed E-state index contributed by atoms with van der Waals surface area (Å²) in [5.74, 6) is 0.579. The van der Waals surface area contributed by atoms with E-state index in [0.717, 1.165) is 12.0 Å². The lowest BCUT2D eigenvalue weighted by Crippen LogP contribution is -2.54.